The molecular formula is C10H9NO3S. The van der Waals surface area contributed by atoms with Gasteiger partial charge >= 0.3 is 5.97 Å². The number of esters is 1. The number of ether oxygens (including phenoxy) is 2. The highest BCUT2D eigenvalue weighted by atomic mass is 32.1. The van der Waals surface area contributed by atoms with Gasteiger partial charge in [0.05, 0.1) is 24.4 Å². The van der Waals surface area contributed by atoms with E-state index < -0.39 is 5.97 Å². The molecule has 2 rings (SSSR count). The summed E-state index contributed by atoms with van der Waals surface area (Å²) in [6.07, 6.45) is 0. The molecule has 0 atom stereocenters. The van der Waals surface area contributed by atoms with Crippen LogP contribution in [-0.2, 0) is 4.74 Å². The van der Waals surface area contributed by atoms with Gasteiger partial charge in [0.15, 0.2) is 0 Å². The van der Waals surface area contributed by atoms with Crippen LogP contribution in [0.3, 0.4) is 0 Å². The van der Waals surface area contributed by atoms with Gasteiger partial charge in [-0.1, -0.05) is 0 Å². The van der Waals surface area contributed by atoms with Crippen LogP contribution in [-0.4, -0.2) is 25.2 Å². The van der Waals surface area contributed by atoms with Gasteiger partial charge in [-0.3, -0.25) is 0 Å². The molecule has 0 aliphatic rings. The van der Waals surface area contributed by atoms with Crippen LogP contribution in [0.1, 0.15) is 9.80 Å². The van der Waals surface area contributed by atoms with Crippen LogP contribution >= 0.6 is 11.3 Å². The van der Waals surface area contributed by atoms with E-state index >= 15 is 0 Å². The minimum atomic E-state index is -0.407. The fraction of sp³-hybridized carbons (Fsp3) is 0.200. The van der Waals surface area contributed by atoms with Crippen LogP contribution < -0.4 is 4.74 Å². The number of fused-ring (bicyclic) bond motifs is 1. The topological polar surface area (TPSA) is 48.4 Å². The van der Waals surface area contributed by atoms with Gasteiger partial charge in [0.1, 0.15) is 5.75 Å². The summed E-state index contributed by atoms with van der Waals surface area (Å²) in [5, 5.41) is 0.362. The standard InChI is InChI=1S/C10H9NO3S/c1-13-6-3-4-8-7(5-6)11-9(15-8)10(12)14-2/h3-5H,1-2H3. The van der Waals surface area contributed by atoms with Crippen molar-refractivity contribution in [2.45, 2.75) is 0 Å². The summed E-state index contributed by atoms with van der Waals surface area (Å²) in [5.41, 5.74) is 0.750. The first-order valence-electron chi connectivity index (χ1n) is 4.27. The minimum Gasteiger partial charge on any atom is -0.497 e. The van der Waals surface area contributed by atoms with Gasteiger partial charge in [0.25, 0.3) is 0 Å². The van der Waals surface area contributed by atoms with E-state index in [4.69, 9.17) is 4.74 Å². The molecule has 1 aromatic carbocycles. The van der Waals surface area contributed by atoms with Crippen LogP contribution in [0, 0.1) is 0 Å². The third kappa shape index (κ3) is 1.78. The van der Waals surface area contributed by atoms with Crippen LogP contribution in [0.25, 0.3) is 10.2 Å². The number of carbonyl (C=O) groups excluding carboxylic acids is 1. The number of carbonyl (C=O) groups is 1. The van der Waals surface area contributed by atoms with Crippen molar-refractivity contribution in [3.05, 3.63) is 23.2 Å². The van der Waals surface area contributed by atoms with Crippen molar-refractivity contribution in [3.63, 3.8) is 0 Å². The number of nitrogens with zero attached hydrogens (tertiary/aromatic N) is 1. The Labute approximate surface area is 90.5 Å². The SMILES string of the molecule is COC(=O)c1nc2cc(OC)ccc2s1. The van der Waals surface area contributed by atoms with Crippen LogP contribution in [0.5, 0.6) is 5.75 Å². The second-order valence-corrected chi connectivity index (χ2v) is 3.87. The molecule has 0 saturated carbocycles. The van der Waals surface area contributed by atoms with Crippen molar-refractivity contribution < 1.29 is 14.3 Å². The summed E-state index contributed by atoms with van der Waals surface area (Å²) in [7, 11) is 2.93. The summed E-state index contributed by atoms with van der Waals surface area (Å²) in [4.78, 5) is 15.4. The summed E-state index contributed by atoms with van der Waals surface area (Å²) in [6, 6.07) is 5.50. The number of rotatable bonds is 2. The summed E-state index contributed by atoms with van der Waals surface area (Å²) in [5.74, 6) is 0.319. The molecule has 0 aliphatic heterocycles. The lowest BCUT2D eigenvalue weighted by molar-refractivity contribution is 0.0600. The van der Waals surface area contributed by atoms with Gasteiger partial charge < -0.3 is 9.47 Å². The first-order chi connectivity index (χ1) is 7.24. The van der Waals surface area contributed by atoms with Gasteiger partial charge in [0.2, 0.25) is 5.01 Å². The van der Waals surface area contributed by atoms with Crippen molar-refractivity contribution in [1.82, 2.24) is 4.98 Å². The smallest absolute Gasteiger partial charge is 0.367 e. The second kappa shape index (κ2) is 3.86. The average Bonchev–Trinajstić information content (AvgIpc) is 2.70. The number of hydrogen-bond donors (Lipinski definition) is 0. The maximum Gasteiger partial charge on any atom is 0.367 e. The predicted molar refractivity (Wildman–Crippen MR) is 57.5 cm³/mol. The number of aromatic nitrogens is 1. The molecule has 1 heterocycles. The van der Waals surface area contributed by atoms with Crippen molar-refractivity contribution in [1.29, 1.82) is 0 Å². The molecule has 2 aromatic rings. The Balaban J connectivity index is 2.51. The molecule has 0 fully saturated rings. The van der Waals surface area contributed by atoms with Gasteiger partial charge in [-0.05, 0) is 12.1 Å². The van der Waals surface area contributed by atoms with Crippen molar-refractivity contribution in [2.24, 2.45) is 0 Å². The van der Waals surface area contributed by atoms with E-state index in [2.05, 4.69) is 9.72 Å². The van der Waals surface area contributed by atoms with Crippen LogP contribution in [0.15, 0.2) is 18.2 Å². The number of hydrogen-bond acceptors (Lipinski definition) is 5. The molecule has 0 saturated heterocycles. The molecule has 0 amide bonds. The predicted octanol–water partition coefficient (Wildman–Crippen LogP) is 2.09. The quantitative estimate of drug-likeness (QED) is 0.731. The van der Waals surface area contributed by atoms with Gasteiger partial charge in [-0.2, -0.15) is 0 Å². The molecule has 0 spiro atoms. The Kier molecular flexibility index (Phi) is 2.55. The zero-order chi connectivity index (χ0) is 10.8. The van der Waals surface area contributed by atoms with Crippen molar-refractivity contribution in [3.8, 4) is 5.75 Å². The third-order valence-electron chi connectivity index (χ3n) is 1.95. The molecular weight excluding hydrogens is 214 g/mol. The Morgan fingerprint density at radius 1 is 1.40 bits per heavy atom. The molecule has 1 aromatic heterocycles. The first-order valence-corrected chi connectivity index (χ1v) is 5.09. The molecule has 4 nitrogen and oxygen atoms in total. The number of thiazole rings is 1. The van der Waals surface area contributed by atoms with E-state index in [9.17, 15) is 4.79 Å². The fourth-order valence-electron chi connectivity index (χ4n) is 1.21. The zero-order valence-electron chi connectivity index (χ0n) is 8.31. The summed E-state index contributed by atoms with van der Waals surface area (Å²) in [6.45, 7) is 0. The molecule has 0 radical (unpaired) electrons. The van der Waals surface area contributed by atoms with Gasteiger partial charge in [0, 0.05) is 6.07 Å². The average molecular weight is 223 g/mol. The Morgan fingerprint density at radius 2 is 2.20 bits per heavy atom. The maximum atomic E-state index is 11.2. The van der Waals surface area contributed by atoms with E-state index in [0.29, 0.717) is 5.01 Å². The van der Waals surface area contributed by atoms with Gasteiger partial charge in [-0.15, -0.1) is 11.3 Å². The Morgan fingerprint density at radius 3 is 2.87 bits per heavy atom. The normalized spacial score (nSPS) is 10.3. The van der Waals surface area contributed by atoms with Gasteiger partial charge in [-0.25, -0.2) is 9.78 Å². The van der Waals surface area contributed by atoms with Crippen molar-refractivity contribution in [2.75, 3.05) is 14.2 Å². The molecule has 15 heavy (non-hydrogen) atoms. The number of benzene rings is 1. The third-order valence-corrected chi connectivity index (χ3v) is 2.97. The molecule has 78 valence electrons. The fourth-order valence-corrected chi connectivity index (χ4v) is 2.07. The molecule has 0 aliphatic carbocycles. The first kappa shape index (κ1) is 9.92. The van der Waals surface area contributed by atoms with Crippen molar-refractivity contribution >= 4 is 27.5 Å². The van der Waals surface area contributed by atoms with E-state index in [1.54, 1.807) is 13.2 Å². The van der Waals surface area contributed by atoms with Crippen LogP contribution in [0.4, 0.5) is 0 Å². The van der Waals surface area contributed by atoms with E-state index in [0.717, 1.165) is 16.0 Å². The van der Waals surface area contributed by atoms with E-state index in [-0.39, 0.29) is 0 Å². The van der Waals surface area contributed by atoms with E-state index in [1.807, 2.05) is 12.1 Å². The lowest BCUT2D eigenvalue weighted by atomic mass is 10.3. The van der Waals surface area contributed by atoms with E-state index in [1.165, 1.54) is 18.4 Å². The summed E-state index contributed by atoms with van der Waals surface area (Å²) < 4.78 is 10.6. The molecule has 0 bridgehead atoms. The molecule has 0 unspecified atom stereocenters. The zero-order valence-corrected chi connectivity index (χ0v) is 9.13. The monoisotopic (exact) mass is 223 g/mol. The highest BCUT2D eigenvalue weighted by Gasteiger charge is 2.12. The number of methoxy groups -OCH3 is 2. The minimum absolute atomic E-state index is 0.362. The largest absolute Gasteiger partial charge is 0.497 e. The Hall–Kier alpha value is -1.62. The lowest BCUT2D eigenvalue weighted by Crippen LogP contribution is -1.99. The lowest BCUT2D eigenvalue weighted by Gasteiger charge is -1.96. The molecule has 5 heteroatoms. The Bertz CT molecular complexity index is 506. The van der Waals surface area contributed by atoms with Crippen LogP contribution in [0.2, 0.25) is 0 Å². The summed E-state index contributed by atoms with van der Waals surface area (Å²) >= 11 is 1.31. The highest BCUT2D eigenvalue weighted by molar-refractivity contribution is 7.20. The molecule has 0 N–H and O–H groups in total. The second-order valence-electron chi connectivity index (χ2n) is 2.84. The maximum absolute atomic E-state index is 11.2. The highest BCUT2D eigenvalue weighted by Crippen LogP contribution is 2.26.